The highest BCUT2D eigenvalue weighted by atomic mass is 16.6. The van der Waals surface area contributed by atoms with Crippen molar-refractivity contribution in [1.82, 2.24) is 9.88 Å². The highest BCUT2D eigenvalue weighted by Crippen LogP contribution is 2.59. The van der Waals surface area contributed by atoms with Gasteiger partial charge in [0.25, 0.3) is 0 Å². The average Bonchev–Trinajstić information content (AvgIpc) is 4.03. The monoisotopic (exact) mass is 969 g/mol. The van der Waals surface area contributed by atoms with Crippen molar-refractivity contribution < 1.29 is 63.6 Å². The van der Waals surface area contributed by atoms with Crippen LogP contribution in [0.2, 0.25) is 0 Å². The molecular weight excluding hydrogens is 897 g/mol. The molecule has 2 aliphatic carbocycles. The minimum atomic E-state index is -1.42. The van der Waals surface area contributed by atoms with Crippen LogP contribution in [0.1, 0.15) is 118 Å². The summed E-state index contributed by atoms with van der Waals surface area (Å²) in [5.74, 6) is -3.20. The molecule has 70 heavy (non-hydrogen) atoms. The minimum Gasteiger partial charge on any atom is -0.492 e. The first kappa shape index (κ1) is 50.3. The van der Waals surface area contributed by atoms with E-state index in [1.807, 2.05) is 24.4 Å². The van der Waals surface area contributed by atoms with Gasteiger partial charge in [-0.2, -0.15) is 0 Å². The lowest BCUT2D eigenvalue weighted by atomic mass is 9.59. The normalized spacial score (nSPS) is 28.2. The fourth-order valence-corrected chi connectivity index (χ4v) is 13.1. The molecule has 3 fully saturated rings. The summed E-state index contributed by atoms with van der Waals surface area (Å²) >= 11 is 0. The molecule has 2 bridgehead atoms. The molecule has 3 aromatic rings. The second kappa shape index (κ2) is 21.6. The Morgan fingerprint density at radius 3 is 2.64 bits per heavy atom. The lowest BCUT2D eigenvalue weighted by Gasteiger charge is -2.54. The number of rotatable bonds is 16. The molecule has 4 aliphatic heterocycles. The summed E-state index contributed by atoms with van der Waals surface area (Å²) in [6.07, 6.45) is 8.50. The van der Waals surface area contributed by atoms with Gasteiger partial charge < -0.3 is 59.1 Å². The number of nitrogens with one attached hydrogen (secondary N) is 1. The smallest absolute Gasteiger partial charge is 0.375 e. The summed E-state index contributed by atoms with van der Waals surface area (Å²) in [5, 5.41) is 59.6. The fourth-order valence-electron chi connectivity index (χ4n) is 13.1. The Balaban J connectivity index is 1.22. The Hall–Kier alpha value is -4.61. The Kier molecular flexibility index (Phi) is 15.5. The summed E-state index contributed by atoms with van der Waals surface area (Å²) in [7, 11) is 1.71. The summed E-state index contributed by atoms with van der Waals surface area (Å²) in [6.45, 7) is 5.54. The number of aromatic amines is 1. The molecule has 1 aromatic heterocycles. The van der Waals surface area contributed by atoms with Gasteiger partial charge >= 0.3 is 5.97 Å². The summed E-state index contributed by atoms with van der Waals surface area (Å²) < 4.78 is 31.4. The average molecular weight is 969 g/mol. The van der Waals surface area contributed by atoms with Gasteiger partial charge in [0, 0.05) is 80.4 Å². The molecule has 2 saturated carbocycles. The van der Waals surface area contributed by atoms with E-state index in [9.17, 15) is 39.9 Å². The number of esters is 1. The summed E-state index contributed by atoms with van der Waals surface area (Å²) in [5.41, 5.74) is 2.99. The molecule has 9 rings (SSSR count). The SMILES string of the molecule is CCCCCC(O)C1CC2CN(CCCOC)CCC2C(O)(C2Cc3c(c(CO)c4c5c3OCC(CO)CCc3cc6[nH]ccc6cc3C3CC(=C5C(C=O)=C(C(=O)OCC)O4)CC(CO)C3=O)O2)C1. The Bertz CT molecular complexity index is 2490. The number of hydrogen-bond acceptors (Lipinski definition) is 14. The number of nitrogens with zero attached hydrogens (tertiary/aromatic N) is 1. The molecule has 15 heteroatoms. The van der Waals surface area contributed by atoms with E-state index in [0.717, 1.165) is 73.8 Å². The number of hydrogen-bond donors (Lipinski definition) is 6. The predicted octanol–water partition coefficient (Wildman–Crippen LogP) is 5.87. The van der Waals surface area contributed by atoms with Crippen LogP contribution in [0.25, 0.3) is 16.5 Å². The molecule has 1 saturated heterocycles. The number of piperidine rings is 1. The van der Waals surface area contributed by atoms with Gasteiger partial charge in [-0.3, -0.25) is 9.59 Å². The highest BCUT2D eigenvalue weighted by molar-refractivity contribution is 6.11. The maximum absolute atomic E-state index is 14.6. The number of aliphatic hydroxyl groups is 5. The number of aliphatic hydroxyl groups excluding tert-OH is 4. The molecule has 380 valence electrons. The standard InChI is InChI=1S/C55H72N2O13/c1-4-6-7-9-45(62)35-19-36-25-57(15-8-17-66-3)16-13-43(36)55(65,24-35)46-23-40-50(69-46)42(29-61)52-48-47(41(28-60)53(70-52)54(64)67-5-2)34-18-37(27-59)49(63)39(21-34)38-20-33-12-14-56-44(33)22-32(38)11-10-31(26-58)30-68-51(40)48/h12,14,20,22,28,31,35-37,39,43,45-46,56,58-59,61-62,65H,4-11,13,15-19,21,23-27,29-30H2,1-3H3. The van der Waals surface area contributed by atoms with Gasteiger partial charge in [0.15, 0.2) is 6.29 Å². The van der Waals surface area contributed by atoms with Gasteiger partial charge in [0.2, 0.25) is 5.76 Å². The van der Waals surface area contributed by atoms with Crippen LogP contribution in [0.5, 0.6) is 17.2 Å². The van der Waals surface area contributed by atoms with Gasteiger partial charge in [-0.05, 0) is 124 Å². The molecule has 2 aromatic carbocycles. The van der Waals surface area contributed by atoms with Gasteiger partial charge in [0.1, 0.15) is 34.7 Å². The second-order valence-corrected chi connectivity index (χ2v) is 20.8. The highest BCUT2D eigenvalue weighted by Gasteiger charge is 2.58. The van der Waals surface area contributed by atoms with Gasteiger partial charge in [-0.1, -0.05) is 31.8 Å². The number of unbranched alkanes of at least 4 members (excludes halogenated alkanes) is 2. The third-order valence-electron chi connectivity index (χ3n) is 16.6. The van der Waals surface area contributed by atoms with Crippen molar-refractivity contribution in [3.8, 4) is 17.2 Å². The van der Waals surface area contributed by atoms with Crippen LogP contribution in [0.15, 0.2) is 41.3 Å². The zero-order chi connectivity index (χ0) is 49.3. The third kappa shape index (κ3) is 9.36. The Labute approximate surface area is 410 Å². The van der Waals surface area contributed by atoms with E-state index in [0.29, 0.717) is 67.3 Å². The number of methoxy groups -OCH3 is 1. The van der Waals surface area contributed by atoms with Crippen molar-refractivity contribution in [2.75, 3.05) is 59.8 Å². The number of ketones is 1. The molecule has 0 radical (unpaired) electrons. The molecule has 6 aliphatic rings. The predicted molar refractivity (Wildman–Crippen MR) is 260 cm³/mol. The Morgan fingerprint density at radius 2 is 1.90 bits per heavy atom. The van der Waals surface area contributed by atoms with E-state index in [4.69, 9.17) is 23.7 Å². The number of allylic oxidation sites excluding steroid dienone is 3. The van der Waals surface area contributed by atoms with Crippen LogP contribution in [-0.4, -0.2) is 131 Å². The van der Waals surface area contributed by atoms with Crippen molar-refractivity contribution >= 4 is 34.5 Å². The van der Waals surface area contributed by atoms with Crippen molar-refractivity contribution in [3.63, 3.8) is 0 Å². The fraction of sp³-hybridized carbons (Fsp3) is 0.618. The van der Waals surface area contributed by atoms with Gasteiger partial charge in [-0.15, -0.1) is 0 Å². The number of likely N-dealkylation sites (tertiary alicyclic amines) is 1. The molecular formula is C55H72N2O13. The maximum atomic E-state index is 14.6. The summed E-state index contributed by atoms with van der Waals surface area (Å²) in [4.78, 5) is 48.0. The molecule has 9 unspecified atom stereocenters. The van der Waals surface area contributed by atoms with Crippen LogP contribution in [0.4, 0.5) is 0 Å². The number of aromatic nitrogens is 1. The van der Waals surface area contributed by atoms with E-state index in [2.05, 4.69) is 16.8 Å². The zero-order valence-electron chi connectivity index (χ0n) is 41.0. The van der Waals surface area contributed by atoms with E-state index < -0.39 is 60.5 Å². The number of H-pyrrole nitrogens is 1. The number of aryl methyl sites for hydroxylation is 1. The molecule has 9 atom stereocenters. The summed E-state index contributed by atoms with van der Waals surface area (Å²) in [6, 6.07) is 5.99. The molecule has 0 spiro atoms. The number of benzene rings is 2. The van der Waals surface area contributed by atoms with Crippen LogP contribution in [-0.2, 0) is 43.3 Å². The Morgan fingerprint density at radius 1 is 1.06 bits per heavy atom. The van der Waals surface area contributed by atoms with Crippen molar-refractivity contribution in [1.29, 1.82) is 0 Å². The first-order valence-electron chi connectivity index (χ1n) is 25.9. The molecule has 5 heterocycles. The first-order valence-corrected chi connectivity index (χ1v) is 25.9. The largest absolute Gasteiger partial charge is 0.492 e. The van der Waals surface area contributed by atoms with Crippen LogP contribution < -0.4 is 14.2 Å². The minimum absolute atomic E-state index is 0.0214. The van der Waals surface area contributed by atoms with Crippen molar-refractivity contribution in [2.45, 2.75) is 128 Å². The molecule has 15 nitrogen and oxygen atoms in total. The zero-order valence-corrected chi connectivity index (χ0v) is 41.0. The van der Waals surface area contributed by atoms with E-state index >= 15 is 0 Å². The van der Waals surface area contributed by atoms with Crippen molar-refractivity contribution in [2.24, 2.45) is 29.6 Å². The third-order valence-corrected chi connectivity index (χ3v) is 16.6. The quantitative estimate of drug-likeness (QED) is 0.0563. The van der Waals surface area contributed by atoms with E-state index in [1.165, 1.54) is 0 Å². The lowest BCUT2D eigenvalue weighted by molar-refractivity contribution is -0.175. The molecule has 0 amide bonds. The first-order chi connectivity index (χ1) is 34.0. The van der Waals surface area contributed by atoms with E-state index in [-0.39, 0.29) is 91.0 Å². The van der Waals surface area contributed by atoms with Crippen molar-refractivity contribution in [3.05, 3.63) is 69.1 Å². The van der Waals surface area contributed by atoms with Crippen LogP contribution in [0.3, 0.4) is 0 Å². The molecule has 6 N–H and O–H groups in total. The van der Waals surface area contributed by atoms with Gasteiger partial charge in [-0.25, -0.2) is 4.79 Å². The number of ether oxygens (including phenoxy) is 5. The number of fused-ring (bicyclic) bond motifs is 8. The number of aldehydes is 1. The number of carbonyl (C=O) groups is 3. The van der Waals surface area contributed by atoms with E-state index in [1.54, 1.807) is 14.0 Å². The number of Topliss-reactive ketones (excluding diaryl/α,β-unsaturated/α-hetero) is 1. The van der Waals surface area contributed by atoms with Gasteiger partial charge in [0.05, 0.1) is 49.2 Å². The maximum Gasteiger partial charge on any atom is 0.375 e. The number of carbonyl (C=O) groups excluding carboxylic acids is 3. The second-order valence-electron chi connectivity index (χ2n) is 20.8. The lowest BCUT2D eigenvalue weighted by Crippen LogP contribution is -2.62. The topological polar surface area (TPSA) is 218 Å². The van der Waals surface area contributed by atoms with Crippen LogP contribution >= 0.6 is 0 Å². The van der Waals surface area contributed by atoms with Crippen LogP contribution in [0, 0.1) is 29.6 Å².